The van der Waals surface area contributed by atoms with E-state index in [0.717, 1.165) is 22.7 Å². The van der Waals surface area contributed by atoms with Crippen molar-refractivity contribution >= 4 is 16.8 Å². The van der Waals surface area contributed by atoms with Gasteiger partial charge < -0.3 is 9.73 Å². The van der Waals surface area contributed by atoms with E-state index in [4.69, 9.17) is 4.42 Å². The summed E-state index contributed by atoms with van der Waals surface area (Å²) in [7, 11) is 0. The van der Waals surface area contributed by atoms with E-state index in [1.54, 1.807) is 0 Å². The van der Waals surface area contributed by atoms with Gasteiger partial charge in [0.15, 0.2) is 11.5 Å². The lowest BCUT2D eigenvalue weighted by atomic mass is 10.1. The van der Waals surface area contributed by atoms with Crippen molar-refractivity contribution in [3.8, 4) is 0 Å². The number of anilines is 1. The maximum atomic E-state index is 5.47. The molecule has 1 unspecified atom stereocenters. The third-order valence-corrected chi connectivity index (χ3v) is 3.15. The van der Waals surface area contributed by atoms with Gasteiger partial charge in [-0.1, -0.05) is 26.2 Å². The lowest BCUT2D eigenvalue weighted by Crippen LogP contribution is -2.14. The Balaban J connectivity index is 1.98. The van der Waals surface area contributed by atoms with Crippen molar-refractivity contribution in [3.05, 3.63) is 24.1 Å². The monoisotopic (exact) mass is 246 g/mol. The predicted molar refractivity (Wildman–Crippen MR) is 76.0 cm³/mol. The van der Waals surface area contributed by atoms with Crippen LogP contribution >= 0.6 is 0 Å². The van der Waals surface area contributed by atoms with E-state index in [0.29, 0.717) is 6.04 Å². The van der Waals surface area contributed by atoms with E-state index < -0.39 is 0 Å². The van der Waals surface area contributed by atoms with E-state index >= 15 is 0 Å². The summed E-state index contributed by atoms with van der Waals surface area (Å²) in [4.78, 5) is 4.35. The van der Waals surface area contributed by atoms with Crippen LogP contribution in [0.5, 0.6) is 0 Å². The van der Waals surface area contributed by atoms with Crippen molar-refractivity contribution in [2.45, 2.75) is 52.5 Å². The fourth-order valence-corrected chi connectivity index (χ4v) is 2.19. The average Bonchev–Trinajstić information content (AvgIpc) is 2.69. The van der Waals surface area contributed by atoms with Crippen LogP contribution in [0.3, 0.4) is 0 Å². The number of aromatic nitrogens is 1. The molecule has 1 aromatic carbocycles. The molecular formula is C15H22N2O. The summed E-state index contributed by atoms with van der Waals surface area (Å²) in [5.74, 6) is 0.721. The first-order chi connectivity index (χ1) is 8.69. The molecule has 0 aliphatic heterocycles. The summed E-state index contributed by atoms with van der Waals surface area (Å²) >= 11 is 0. The fourth-order valence-electron chi connectivity index (χ4n) is 2.19. The highest BCUT2D eigenvalue weighted by molar-refractivity contribution is 5.77. The van der Waals surface area contributed by atoms with Gasteiger partial charge in [-0.25, -0.2) is 4.98 Å². The van der Waals surface area contributed by atoms with Gasteiger partial charge >= 0.3 is 0 Å². The fraction of sp³-hybridized carbons (Fsp3) is 0.533. The lowest BCUT2D eigenvalue weighted by molar-refractivity contribution is 0.561. The van der Waals surface area contributed by atoms with Crippen molar-refractivity contribution in [3.63, 3.8) is 0 Å². The van der Waals surface area contributed by atoms with E-state index in [9.17, 15) is 0 Å². The van der Waals surface area contributed by atoms with E-state index in [2.05, 4.69) is 36.3 Å². The molecule has 18 heavy (non-hydrogen) atoms. The Kier molecular flexibility index (Phi) is 4.24. The van der Waals surface area contributed by atoms with Crippen LogP contribution in [0, 0.1) is 6.92 Å². The van der Waals surface area contributed by atoms with Gasteiger partial charge in [0.05, 0.1) is 0 Å². The summed E-state index contributed by atoms with van der Waals surface area (Å²) in [6, 6.07) is 6.60. The molecule has 0 aliphatic rings. The van der Waals surface area contributed by atoms with E-state index in [1.807, 2.05) is 13.0 Å². The normalized spacial score (nSPS) is 12.8. The van der Waals surface area contributed by atoms with Gasteiger partial charge in [0.2, 0.25) is 0 Å². The molecule has 1 aromatic heterocycles. The number of benzene rings is 1. The molecule has 1 N–H and O–H groups in total. The molecule has 0 saturated carbocycles. The van der Waals surface area contributed by atoms with Gasteiger partial charge in [-0.05, 0) is 31.5 Å². The molecule has 0 saturated heterocycles. The first-order valence-corrected chi connectivity index (χ1v) is 6.82. The Morgan fingerprint density at radius 2 is 2.17 bits per heavy atom. The molecule has 2 aromatic rings. The zero-order valence-corrected chi connectivity index (χ0v) is 11.5. The number of nitrogens with zero attached hydrogens (tertiary/aromatic N) is 1. The average molecular weight is 246 g/mol. The molecule has 0 fully saturated rings. The van der Waals surface area contributed by atoms with Crippen molar-refractivity contribution < 1.29 is 4.42 Å². The second-order valence-electron chi connectivity index (χ2n) is 4.96. The maximum absolute atomic E-state index is 5.47. The van der Waals surface area contributed by atoms with Crippen molar-refractivity contribution in [2.24, 2.45) is 0 Å². The quantitative estimate of drug-likeness (QED) is 0.762. The lowest BCUT2D eigenvalue weighted by Gasteiger charge is -2.14. The molecule has 1 heterocycles. The molecule has 0 aliphatic carbocycles. The minimum atomic E-state index is 0.502. The first kappa shape index (κ1) is 12.9. The van der Waals surface area contributed by atoms with Crippen LogP contribution < -0.4 is 5.32 Å². The van der Waals surface area contributed by atoms with Crippen LogP contribution in [-0.2, 0) is 0 Å². The number of aryl methyl sites for hydroxylation is 1. The molecule has 3 nitrogen and oxygen atoms in total. The van der Waals surface area contributed by atoms with Crippen LogP contribution in [0.15, 0.2) is 22.6 Å². The molecule has 0 amide bonds. The summed E-state index contributed by atoms with van der Waals surface area (Å²) in [5, 5.41) is 3.52. The third kappa shape index (κ3) is 3.25. The van der Waals surface area contributed by atoms with Crippen molar-refractivity contribution in [1.82, 2.24) is 4.98 Å². The Hall–Kier alpha value is -1.51. The highest BCUT2D eigenvalue weighted by Gasteiger charge is 2.05. The summed E-state index contributed by atoms with van der Waals surface area (Å²) in [6.07, 6.45) is 5.09. The topological polar surface area (TPSA) is 38.1 Å². The minimum absolute atomic E-state index is 0.502. The first-order valence-electron chi connectivity index (χ1n) is 6.82. The summed E-state index contributed by atoms with van der Waals surface area (Å²) in [5.41, 5.74) is 2.91. The molecule has 2 rings (SSSR count). The molecule has 1 atom stereocenters. The Morgan fingerprint density at radius 1 is 1.33 bits per heavy atom. The summed E-state index contributed by atoms with van der Waals surface area (Å²) < 4.78 is 5.47. The number of hydrogen-bond donors (Lipinski definition) is 1. The van der Waals surface area contributed by atoms with E-state index in [1.165, 1.54) is 25.7 Å². The van der Waals surface area contributed by atoms with Crippen LogP contribution in [-0.4, -0.2) is 11.0 Å². The molecule has 0 spiro atoms. The second kappa shape index (κ2) is 5.89. The minimum Gasteiger partial charge on any atom is -0.441 e. The molecule has 98 valence electrons. The standard InChI is InChI=1S/C15H22N2O/c1-4-5-6-7-11(2)16-13-8-9-15-14(10-13)17-12(3)18-15/h8-11,16H,4-7H2,1-3H3. The number of fused-ring (bicyclic) bond motifs is 1. The maximum Gasteiger partial charge on any atom is 0.192 e. The van der Waals surface area contributed by atoms with Crippen LogP contribution in [0.1, 0.15) is 45.4 Å². The van der Waals surface area contributed by atoms with E-state index in [-0.39, 0.29) is 0 Å². The molecule has 0 radical (unpaired) electrons. The van der Waals surface area contributed by atoms with Gasteiger partial charge in [-0.3, -0.25) is 0 Å². The van der Waals surface area contributed by atoms with Crippen molar-refractivity contribution in [2.75, 3.05) is 5.32 Å². The molecular weight excluding hydrogens is 224 g/mol. The van der Waals surface area contributed by atoms with Gasteiger partial charge in [0.25, 0.3) is 0 Å². The van der Waals surface area contributed by atoms with Gasteiger partial charge in [-0.15, -0.1) is 0 Å². The number of unbranched alkanes of at least 4 members (excludes halogenated alkanes) is 2. The smallest absolute Gasteiger partial charge is 0.192 e. The second-order valence-corrected chi connectivity index (χ2v) is 4.96. The Bertz CT molecular complexity index is 504. The Labute approximate surface area is 109 Å². The zero-order chi connectivity index (χ0) is 13.0. The Morgan fingerprint density at radius 3 is 2.94 bits per heavy atom. The third-order valence-electron chi connectivity index (χ3n) is 3.15. The number of nitrogens with one attached hydrogen (secondary N) is 1. The van der Waals surface area contributed by atoms with Gasteiger partial charge in [0, 0.05) is 18.7 Å². The van der Waals surface area contributed by atoms with Gasteiger partial charge in [-0.2, -0.15) is 0 Å². The van der Waals surface area contributed by atoms with Crippen molar-refractivity contribution in [1.29, 1.82) is 0 Å². The SMILES string of the molecule is CCCCCC(C)Nc1ccc2oc(C)nc2c1. The zero-order valence-electron chi connectivity index (χ0n) is 11.5. The van der Waals surface area contributed by atoms with Crippen LogP contribution in [0.4, 0.5) is 5.69 Å². The number of hydrogen-bond acceptors (Lipinski definition) is 3. The molecule has 0 bridgehead atoms. The number of rotatable bonds is 6. The van der Waals surface area contributed by atoms with Crippen LogP contribution in [0.25, 0.3) is 11.1 Å². The number of oxazole rings is 1. The highest BCUT2D eigenvalue weighted by atomic mass is 16.3. The van der Waals surface area contributed by atoms with Gasteiger partial charge in [0.1, 0.15) is 5.52 Å². The predicted octanol–water partition coefficient (Wildman–Crippen LogP) is 4.52. The van der Waals surface area contributed by atoms with Crippen LogP contribution in [0.2, 0.25) is 0 Å². The highest BCUT2D eigenvalue weighted by Crippen LogP contribution is 2.20. The summed E-state index contributed by atoms with van der Waals surface area (Å²) in [6.45, 7) is 6.34. The molecule has 3 heteroatoms. The largest absolute Gasteiger partial charge is 0.441 e.